The highest BCUT2D eigenvalue weighted by molar-refractivity contribution is 7.09. The van der Waals surface area contributed by atoms with Gasteiger partial charge in [0, 0.05) is 41.3 Å². The van der Waals surface area contributed by atoms with Crippen molar-refractivity contribution >= 4 is 33.6 Å². The molecule has 102 valence electrons. The molecule has 0 fully saturated rings. The largest absolute Gasteiger partial charge is 0.397 e. The molecule has 2 heterocycles. The number of benzene rings is 1. The zero-order valence-corrected chi connectivity index (χ0v) is 12.0. The van der Waals surface area contributed by atoms with Gasteiger partial charge in [0.1, 0.15) is 0 Å². The summed E-state index contributed by atoms with van der Waals surface area (Å²) in [5.74, 6) is 0.374. The highest BCUT2D eigenvalue weighted by atomic mass is 32.1. The lowest BCUT2D eigenvalue weighted by Crippen LogP contribution is -2.10. The van der Waals surface area contributed by atoms with Gasteiger partial charge >= 0.3 is 0 Å². The summed E-state index contributed by atoms with van der Waals surface area (Å²) in [4.78, 5) is 8.69. The van der Waals surface area contributed by atoms with Crippen LogP contribution in [0.2, 0.25) is 0 Å². The van der Waals surface area contributed by atoms with Crippen molar-refractivity contribution in [3.05, 3.63) is 47.0 Å². The van der Waals surface area contributed by atoms with Gasteiger partial charge in [0.05, 0.1) is 16.2 Å². The first-order valence-corrected chi connectivity index (χ1v) is 7.40. The van der Waals surface area contributed by atoms with E-state index in [1.807, 2.05) is 35.8 Å². The number of para-hydroxylation sites is 1. The van der Waals surface area contributed by atoms with E-state index in [-0.39, 0.29) is 0 Å². The molecule has 3 aromatic rings. The predicted molar refractivity (Wildman–Crippen MR) is 85.2 cm³/mol. The van der Waals surface area contributed by atoms with Crippen LogP contribution in [0.25, 0.3) is 10.9 Å². The molecule has 3 N–H and O–H groups in total. The summed E-state index contributed by atoms with van der Waals surface area (Å²) >= 11 is 1.69. The van der Waals surface area contributed by atoms with Crippen molar-refractivity contribution in [2.45, 2.75) is 12.8 Å². The van der Waals surface area contributed by atoms with Gasteiger partial charge in [-0.25, -0.2) is 4.98 Å². The number of hydrogen-bond donors (Lipinski definition) is 2. The summed E-state index contributed by atoms with van der Waals surface area (Å²) in [6.45, 7) is 3.00. The Morgan fingerprint density at radius 2 is 2.15 bits per heavy atom. The zero-order chi connectivity index (χ0) is 13.9. The molecular weight excluding hydrogens is 268 g/mol. The predicted octanol–water partition coefficient (Wildman–Crippen LogP) is 3.49. The number of nitrogens with one attached hydrogen (secondary N) is 1. The first kappa shape index (κ1) is 12.9. The minimum absolute atomic E-state index is 0.374. The fourth-order valence-electron chi connectivity index (χ4n) is 2.18. The van der Waals surface area contributed by atoms with Crippen LogP contribution < -0.4 is 11.1 Å². The van der Waals surface area contributed by atoms with Gasteiger partial charge in [0.25, 0.3) is 0 Å². The van der Waals surface area contributed by atoms with E-state index in [4.69, 9.17) is 5.73 Å². The van der Waals surface area contributed by atoms with Gasteiger partial charge in [-0.3, -0.25) is 4.98 Å². The van der Waals surface area contributed by atoms with Crippen molar-refractivity contribution in [2.24, 2.45) is 0 Å². The Kier molecular flexibility index (Phi) is 3.52. The SMILES string of the molecule is CC(CNc1ccnc2c(N)cccc12)c1nccs1. The number of nitrogens with zero attached hydrogens (tertiary/aromatic N) is 2. The molecule has 0 saturated heterocycles. The highest BCUT2D eigenvalue weighted by Gasteiger charge is 2.09. The molecule has 0 aliphatic carbocycles. The fraction of sp³-hybridized carbons (Fsp3) is 0.200. The fourth-order valence-corrected chi connectivity index (χ4v) is 2.88. The Balaban J connectivity index is 1.83. The Hall–Kier alpha value is -2.14. The van der Waals surface area contributed by atoms with Crippen LogP contribution in [0.15, 0.2) is 42.0 Å². The number of nitrogens with two attached hydrogens (primary N) is 1. The topological polar surface area (TPSA) is 63.8 Å². The van der Waals surface area contributed by atoms with Crippen LogP contribution >= 0.6 is 11.3 Å². The van der Waals surface area contributed by atoms with E-state index < -0.39 is 0 Å². The highest BCUT2D eigenvalue weighted by Crippen LogP contribution is 2.26. The Morgan fingerprint density at radius 1 is 1.25 bits per heavy atom. The van der Waals surface area contributed by atoms with Gasteiger partial charge in [-0.2, -0.15) is 0 Å². The zero-order valence-electron chi connectivity index (χ0n) is 11.2. The summed E-state index contributed by atoms with van der Waals surface area (Å²) in [5, 5.41) is 7.69. The van der Waals surface area contributed by atoms with Crippen LogP contribution in [0, 0.1) is 0 Å². The summed E-state index contributed by atoms with van der Waals surface area (Å²) < 4.78 is 0. The molecule has 20 heavy (non-hydrogen) atoms. The molecule has 0 aliphatic rings. The summed E-state index contributed by atoms with van der Waals surface area (Å²) in [7, 11) is 0. The third-order valence-electron chi connectivity index (χ3n) is 3.27. The number of hydrogen-bond acceptors (Lipinski definition) is 5. The summed E-state index contributed by atoms with van der Waals surface area (Å²) in [6, 6.07) is 7.84. The minimum atomic E-state index is 0.374. The Labute approximate surface area is 121 Å². The second-order valence-electron chi connectivity index (χ2n) is 4.75. The van der Waals surface area contributed by atoms with Crippen LogP contribution in [-0.4, -0.2) is 16.5 Å². The first-order valence-electron chi connectivity index (χ1n) is 6.52. The third kappa shape index (κ3) is 2.44. The third-order valence-corrected chi connectivity index (χ3v) is 4.28. The lowest BCUT2D eigenvalue weighted by molar-refractivity contribution is 0.795. The number of rotatable bonds is 4. The number of nitrogen functional groups attached to an aromatic ring is 1. The molecule has 5 heteroatoms. The standard InChI is InChI=1S/C15H16N4S/c1-10(15-18-7-8-20-15)9-19-13-5-6-17-14-11(13)3-2-4-12(14)16/h2-8,10H,9,16H2,1H3,(H,17,19). The van der Waals surface area contributed by atoms with Crippen molar-refractivity contribution in [1.82, 2.24) is 9.97 Å². The average Bonchev–Trinajstić information content (AvgIpc) is 2.99. The molecule has 0 spiro atoms. The van der Waals surface area contributed by atoms with E-state index >= 15 is 0 Å². The van der Waals surface area contributed by atoms with E-state index in [0.717, 1.165) is 28.1 Å². The maximum absolute atomic E-state index is 5.96. The Morgan fingerprint density at radius 3 is 2.95 bits per heavy atom. The Bertz CT molecular complexity index is 709. The van der Waals surface area contributed by atoms with Crippen LogP contribution in [0.1, 0.15) is 17.8 Å². The van der Waals surface area contributed by atoms with E-state index in [1.165, 1.54) is 0 Å². The van der Waals surface area contributed by atoms with Crippen molar-refractivity contribution < 1.29 is 0 Å². The molecule has 1 unspecified atom stereocenters. The van der Waals surface area contributed by atoms with Gasteiger partial charge in [0.2, 0.25) is 0 Å². The van der Waals surface area contributed by atoms with Gasteiger partial charge in [0.15, 0.2) is 0 Å². The smallest absolute Gasteiger partial charge is 0.0970 e. The number of anilines is 2. The quantitative estimate of drug-likeness (QED) is 0.720. The summed E-state index contributed by atoms with van der Waals surface area (Å²) in [5.41, 5.74) is 8.57. The van der Waals surface area contributed by atoms with Crippen molar-refractivity contribution in [1.29, 1.82) is 0 Å². The lowest BCUT2D eigenvalue weighted by Gasteiger charge is -2.13. The minimum Gasteiger partial charge on any atom is -0.397 e. The van der Waals surface area contributed by atoms with Crippen molar-refractivity contribution in [3.8, 4) is 0 Å². The second-order valence-corrected chi connectivity index (χ2v) is 5.68. The molecule has 0 bridgehead atoms. The van der Waals surface area contributed by atoms with Gasteiger partial charge in [-0.05, 0) is 12.1 Å². The number of thiazole rings is 1. The molecule has 0 amide bonds. The van der Waals surface area contributed by atoms with Crippen LogP contribution in [0.3, 0.4) is 0 Å². The van der Waals surface area contributed by atoms with E-state index in [9.17, 15) is 0 Å². The van der Waals surface area contributed by atoms with Crippen molar-refractivity contribution in [3.63, 3.8) is 0 Å². The number of fused-ring (bicyclic) bond motifs is 1. The molecule has 1 aromatic carbocycles. The lowest BCUT2D eigenvalue weighted by atomic mass is 10.1. The molecule has 0 aliphatic heterocycles. The second kappa shape index (κ2) is 5.46. The summed E-state index contributed by atoms with van der Waals surface area (Å²) in [6.07, 6.45) is 3.63. The first-order chi connectivity index (χ1) is 9.75. The van der Waals surface area contributed by atoms with E-state index in [1.54, 1.807) is 17.5 Å². The van der Waals surface area contributed by atoms with Crippen molar-refractivity contribution in [2.75, 3.05) is 17.6 Å². The van der Waals surface area contributed by atoms with Gasteiger partial charge in [-0.1, -0.05) is 19.1 Å². The van der Waals surface area contributed by atoms with E-state index in [2.05, 4.69) is 22.2 Å². The van der Waals surface area contributed by atoms with Crippen LogP contribution in [-0.2, 0) is 0 Å². The molecule has 0 saturated carbocycles. The number of pyridine rings is 1. The molecular formula is C15H16N4S. The molecule has 4 nitrogen and oxygen atoms in total. The van der Waals surface area contributed by atoms with Gasteiger partial charge < -0.3 is 11.1 Å². The molecule has 0 radical (unpaired) electrons. The van der Waals surface area contributed by atoms with Crippen LogP contribution in [0.4, 0.5) is 11.4 Å². The molecule has 1 atom stereocenters. The molecule has 3 rings (SSSR count). The maximum Gasteiger partial charge on any atom is 0.0970 e. The average molecular weight is 284 g/mol. The van der Waals surface area contributed by atoms with Gasteiger partial charge in [-0.15, -0.1) is 11.3 Å². The van der Waals surface area contributed by atoms with Crippen LogP contribution in [0.5, 0.6) is 0 Å². The monoisotopic (exact) mass is 284 g/mol. The number of aromatic nitrogens is 2. The van der Waals surface area contributed by atoms with E-state index in [0.29, 0.717) is 11.6 Å². The maximum atomic E-state index is 5.96. The normalized spacial score (nSPS) is 12.4. The molecule has 2 aromatic heterocycles.